The van der Waals surface area contributed by atoms with Crippen LogP contribution in [0.15, 0.2) is 72.8 Å². The number of amides is 1. The molecule has 0 heterocycles. The van der Waals surface area contributed by atoms with Crippen LogP contribution in [0.1, 0.15) is 54.5 Å². The maximum absolute atomic E-state index is 12.7. The molecule has 5 nitrogen and oxygen atoms in total. The van der Waals surface area contributed by atoms with Crippen molar-refractivity contribution in [2.24, 2.45) is 5.92 Å². The first kappa shape index (κ1) is 22.6. The normalized spacial score (nSPS) is 13.3. The number of ether oxygens (including phenoxy) is 1. The molecule has 33 heavy (non-hydrogen) atoms. The van der Waals surface area contributed by atoms with E-state index in [0.717, 1.165) is 34.2 Å². The molecule has 0 fully saturated rings. The molecule has 0 saturated heterocycles. The number of carbonyl (C=O) groups excluding carboxylic acids is 1. The quantitative estimate of drug-likeness (QED) is 0.452. The summed E-state index contributed by atoms with van der Waals surface area (Å²) in [6.45, 7) is 4.49. The lowest BCUT2D eigenvalue weighted by Gasteiger charge is -2.19. The van der Waals surface area contributed by atoms with Gasteiger partial charge in [-0.1, -0.05) is 86.6 Å². The van der Waals surface area contributed by atoms with Gasteiger partial charge in [-0.15, -0.1) is 0 Å². The molecule has 0 aliphatic heterocycles. The van der Waals surface area contributed by atoms with Crippen LogP contribution in [-0.2, 0) is 16.0 Å². The predicted octanol–water partition coefficient (Wildman–Crippen LogP) is 5.94. The summed E-state index contributed by atoms with van der Waals surface area (Å²) >= 11 is 0. The third-order valence-corrected chi connectivity index (χ3v) is 6.04. The zero-order valence-corrected chi connectivity index (χ0v) is 19.0. The molecule has 1 amide bonds. The Kier molecular flexibility index (Phi) is 6.78. The summed E-state index contributed by atoms with van der Waals surface area (Å²) in [4.78, 5) is 24.1. The number of aliphatic carboxylic acids is 1. The Morgan fingerprint density at radius 3 is 2.03 bits per heavy atom. The molecule has 3 aromatic carbocycles. The van der Waals surface area contributed by atoms with E-state index >= 15 is 0 Å². The monoisotopic (exact) mass is 443 g/mol. The van der Waals surface area contributed by atoms with E-state index in [9.17, 15) is 14.7 Å². The average Bonchev–Trinajstić information content (AvgIpc) is 3.11. The van der Waals surface area contributed by atoms with Crippen molar-refractivity contribution in [1.82, 2.24) is 5.32 Å². The van der Waals surface area contributed by atoms with Crippen molar-refractivity contribution in [3.63, 3.8) is 0 Å². The lowest BCUT2D eigenvalue weighted by atomic mass is 9.98. The highest BCUT2D eigenvalue weighted by molar-refractivity contribution is 5.79. The van der Waals surface area contributed by atoms with Gasteiger partial charge in [0.05, 0.1) is 12.5 Å². The van der Waals surface area contributed by atoms with E-state index < -0.39 is 18.1 Å². The molecular weight excluding hydrogens is 414 g/mol. The summed E-state index contributed by atoms with van der Waals surface area (Å²) in [6, 6.07) is 23.4. The number of fused-ring (bicyclic) bond motifs is 3. The maximum atomic E-state index is 12.7. The molecule has 0 unspecified atom stereocenters. The number of alkyl carbamates (subject to hydrolysis) is 1. The molecule has 0 saturated carbocycles. The summed E-state index contributed by atoms with van der Waals surface area (Å²) in [5, 5.41) is 12.1. The second kappa shape index (κ2) is 9.90. The summed E-state index contributed by atoms with van der Waals surface area (Å²) in [5.74, 6) is -0.494. The minimum Gasteiger partial charge on any atom is -0.481 e. The van der Waals surface area contributed by atoms with E-state index in [2.05, 4.69) is 43.4 Å². The number of nitrogens with one attached hydrogen (secondary N) is 1. The van der Waals surface area contributed by atoms with Crippen LogP contribution in [0.2, 0.25) is 0 Å². The topological polar surface area (TPSA) is 75.6 Å². The fraction of sp³-hybridized carbons (Fsp3) is 0.286. The standard InChI is InChI=1S/C28H29NO4/c1-18(2)15-19-11-13-20(14-12-19)26(16-27(30)31)29-28(32)33-17-25-23-9-5-3-7-21(23)22-8-4-6-10-24(22)25/h3-14,18,25-26H,15-17H2,1-2H3,(H,29,32)(H,30,31)/t26-/m0/s1. The van der Waals surface area contributed by atoms with Crippen molar-refractivity contribution in [3.8, 4) is 11.1 Å². The Morgan fingerprint density at radius 1 is 0.909 bits per heavy atom. The average molecular weight is 444 g/mol. The highest BCUT2D eigenvalue weighted by atomic mass is 16.5. The van der Waals surface area contributed by atoms with E-state index in [-0.39, 0.29) is 18.9 Å². The van der Waals surface area contributed by atoms with Gasteiger partial charge in [-0.05, 0) is 45.7 Å². The van der Waals surface area contributed by atoms with E-state index in [4.69, 9.17) is 4.74 Å². The van der Waals surface area contributed by atoms with Crippen molar-refractivity contribution in [2.75, 3.05) is 6.61 Å². The second-order valence-corrected chi connectivity index (χ2v) is 8.96. The van der Waals surface area contributed by atoms with Crippen LogP contribution in [-0.4, -0.2) is 23.8 Å². The van der Waals surface area contributed by atoms with Crippen LogP contribution in [0.4, 0.5) is 4.79 Å². The predicted molar refractivity (Wildman–Crippen MR) is 128 cm³/mol. The van der Waals surface area contributed by atoms with Gasteiger partial charge in [0.25, 0.3) is 0 Å². The molecule has 2 N–H and O–H groups in total. The van der Waals surface area contributed by atoms with Crippen LogP contribution < -0.4 is 5.32 Å². The lowest BCUT2D eigenvalue weighted by molar-refractivity contribution is -0.137. The Labute approximate surface area is 194 Å². The third-order valence-electron chi connectivity index (χ3n) is 6.04. The largest absolute Gasteiger partial charge is 0.481 e. The molecule has 0 spiro atoms. The Bertz CT molecular complexity index is 1090. The molecule has 1 aliphatic rings. The first-order chi connectivity index (χ1) is 15.9. The minimum absolute atomic E-state index is 0.0450. The number of carboxylic acids is 1. The van der Waals surface area contributed by atoms with E-state index in [1.165, 1.54) is 5.56 Å². The zero-order chi connectivity index (χ0) is 23.4. The first-order valence-electron chi connectivity index (χ1n) is 11.3. The molecule has 4 rings (SSSR count). The van der Waals surface area contributed by atoms with Crippen LogP contribution >= 0.6 is 0 Å². The Hall–Kier alpha value is -3.60. The van der Waals surface area contributed by atoms with Crippen molar-refractivity contribution >= 4 is 12.1 Å². The van der Waals surface area contributed by atoms with Gasteiger partial charge in [0.1, 0.15) is 6.61 Å². The van der Waals surface area contributed by atoms with E-state index in [1.54, 1.807) is 0 Å². The second-order valence-electron chi connectivity index (χ2n) is 8.96. The van der Waals surface area contributed by atoms with Gasteiger partial charge >= 0.3 is 12.1 Å². The van der Waals surface area contributed by atoms with Gasteiger partial charge in [0.2, 0.25) is 0 Å². The molecule has 5 heteroatoms. The molecule has 0 bridgehead atoms. The summed E-state index contributed by atoms with van der Waals surface area (Å²) in [7, 11) is 0. The highest BCUT2D eigenvalue weighted by Gasteiger charge is 2.29. The van der Waals surface area contributed by atoms with Crippen molar-refractivity contribution in [2.45, 2.75) is 38.6 Å². The van der Waals surface area contributed by atoms with Gasteiger partial charge in [0, 0.05) is 5.92 Å². The molecule has 1 aliphatic carbocycles. The summed E-state index contributed by atoms with van der Waals surface area (Å²) in [6.07, 6.45) is 0.117. The van der Waals surface area contributed by atoms with E-state index in [1.807, 2.05) is 48.5 Å². The number of hydrogen-bond acceptors (Lipinski definition) is 3. The van der Waals surface area contributed by atoms with Crippen molar-refractivity contribution < 1.29 is 19.4 Å². The molecule has 3 aromatic rings. The highest BCUT2D eigenvalue weighted by Crippen LogP contribution is 2.44. The maximum Gasteiger partial charge on any atom is 0.407 e. The number of hydrogen-bond donors (Lipinski definition) is 2. The van der Waals surface area contributed by atoms with Crippen molar-refractivity contribution in [1.29, 1.82) is 0 Å². The fourth-order valence-corrected chi connectivity index (χ4v) is 4.57. The van der Waals surface area contributed by atoms with Crippen LogP contribution in [0.3, 0.4) is 0 Å². The zero-order valence-electron chi connectivity index (χ0n) is 19.0. The molecule has 0 aromatic heterocycles. The number of benzene rings is 3. The summed E-state index contributed by atoms with van der Waals surface area (Å²) in [5.41, 5.74) is 6.52. The molecular formula is C28H29NO4. The fourth-order valence-electron chi connectivity index (χ4n) is 4.57. The van der Waals surface area contributed by atoms with Crippen molar-refractivity contribution in [3.05, 3.63) is 95.1 Å². The summed E-state index contributed by atoms with van der Waals surface area (Å²) < 4.78 is 5.61. The molecule has 170 valence electrons. The van der Waals surface area contributed by atoms with Gasteiger partial charge in [0.15, 0.2) is 0 Å². The van der Waals surface area contributed by atoms with Crippen LogP contribution in [0, 0.1) is 5.92 Å². The first-order valence-corrected chi connectivity index (χ1v) is 11.3. The Morgan fingerprint density at radius 2 is 1.48 bits per heavy atom. The number of carbonyl (C=O) groups is 2. The number of rotatable bonds is 8. The van der Waals surface area contributed by atoms with Crippen LogP contribution in [0.25, 0.3) is 11.1 Å². The lowest BCUT2D eigenvalue weighted by Crippen LogP contribution is -2.31. The Balaban J connectivity index is 1.45. The molecule has 0 radical (unpaired) electrons. The van der Waals surface area contributed by atoms with Crippen LogP contribution in [0.5, 0.6) is 0 Å². The number of carboxylic acid groups (broad SMARTS) is 1. The third kappa shape index (κ3) is 5.25. The van der Waals surface area contributed by atoms with Gasteiger partial charge < -0.3 is 15.2 Å². The SMILES string of the molecule is CC(C)Cc1ccc([C@H](CC(=O)O)NC(=O)OCC2c3ccccc3-c3ccccc32)cc1. The smallest absolute Gasteiger partial charge is 0.407 e. The van der Waals surface area contributed by atoms with Gasteiger partial charge in [-0.3, -0.25) is 4.79 Å². The van der Waals surface area contributed by atoms with Gasteiger partial charge in [-0.25, -0.2) is 4.79 Å². The van der Waals surface area contributed by atoms with E-state index in [0.29, 0.717) is 5.92 Å². The van der Waals surface area contributed by atoms with Gasteiger partial charge in [-0.2, -0.15) is 0 Å². The molecule has 1 atom stereocenters. The minimum atomic E-state index is -0.981.